The third-order valence-electron chi connectivity index (χ3n) is 4.49. The first-order valence-corrected chi connectivity index (χ1v) is 11.8. The monoisotopic (exact) mass is 329 g/mol. The van der Waals surface area contributed by atoms with E-state index in [9.17, 15) is 0 Å². The van der Waals surface area contributed by atoms with Crippen LogP contribution in [0.3, 0.4) is 0 Å². The summed E-state index contributed by atoms with van der Waals surface area (Å²) in [5.41, 5.74) is 0. The van der Waals surface area contributed by atoms with Crippen LogP contribution in [-0.4, -0.2) is 11.5 Å². The van der Waals surface area contributed by atoms with Crippen molar-refractivity contribution >= 4 is 10.7 Å². The van der Waals surface area contributed by atoms with Gasteiger partial charge in [0.2, 0.25) is 0 Å². The predicted molar refractivity (Wildman–Crippen MR) is 105 cm³/mol. The fourth-order valence-corrected chi connectivity index (χ4v) is 4.23. The van der Waals surface area contributed by atoms with Crippen LogP contribution < -0.4 is 0 Å². The highest BCUT2D eigenvalue weighted by Gasteiger charge is 1.97. The number of rotatable bonds is 18. The van der Waals surface area contributed by atoms with Crippen LogP contribution in [0.1, 0.15) is 117 Å². The van der Waals surface area contributed by atoms with Crippen LogP contribution in [0.15, 0.2) is 0 Å². The van der Waals surface area contributed by atoms with Crippen molar-refractivity contribution in [2.24, 2.45) is 0 Å². The largest absolute Gasteiger partial charge is 0.280 e. The van der Waals surface area contributed by atoms with E-state index in [1.807, 2.05) is 0 Å². The maximum atomic E-state index is 8.14. The summed E-state index contributed by atoms with van der Waals surface area (Å²) in [5.74, 6) is 2.34. The van der Waals surface area contributed by atoms with Gasteiger partial charge in [-0.25, -0.2) is 0 Å². The molecule has 1 N–H and O–H groups in total. The summed E-state index contributed by atoms with van der Waals surface area (Å²) in [6.07, 6.45) is 22.2. The van der Waals surface area contributed by atoms with E-state index in [-0.39, 0.29) is 10.7 Å². The summed E-state index contributed by atoms with van der Waals surface area (Å²) in [6.45, 7) is 4.56. The van der Waals surface area contributed by atoms with Gasteiger partial charge in [-0.1, -0.05) is 104 Å². The van der Waals surface area contributed by atoms with Gasteiger partial charge < -0.3 is 0 Å². The Morgan fingerprint density at radius 1 is 0.455 bits per heavy atom. The third kappa shape index (κ3) is 18.2. The zero-order valence-electron chi connectivity index (χ0n) is 15.6. The minimum atomic E-state index is -0.0405. The normalized spacial score (nSPS) is 11.4. The first kappa shape index (κ1) is 22.1. The summed E-state index contributed by atoms with van der Waals surface area (Å²) in [4.78, 5) is 0. The highest BCUT2D eigenvalue weighted by Crippen LogP contribution is 2.11. The van der Waals surface area contributed by atoms with Gasteiger partial charge in [0.1, 0.15) is 0 Å². The Balaban J connectivity index is 3.13. The van der Waals surface area contributed by atoms with Gasteiger partial charge in [0.25, 0.3) is 0 Å². The maximum Gasteiger partial charge on any atom is 0.00385 e. The van der Waals surface area contributed by atoms with Crippen molar-refractivity contribution < 1.29 is 0 Å². The second-order valence-corrected chi connectivity index (χ2v) is 8.65. The lowest BCUT2D eigenvalue weighted by Gasteiger charge is -2.06. The molecule has 0 aromatic rings. The van der Waals surface area contributed by atoms with Gasteiger partial charge >= 0.3 is 0 Å². The molecule has 0 saturated heterocycles. The highest BCUT2D eigenvalue weighted by molar-refractivity contribution is 7.85. The summed E-state index contributed by atoms with van der Waals surface area (Å²) in [6, 6.07) is 0. The smallest absolute Gasteiger partial charge is 0.00385 e. The van der Waals surface area contributed by atoms with E-state index in [2.05, 4.69) is 13.8 Å². The van der Waals surface area contributed by atoms with Crippen molar-refractivity contribution in [2.75, 3.05) is 11.5 Å². The lowest BCUT2D eigenvalue weighted by molar-refractivity contribution is 0.584. The molecule has 0 aromatic carbocycles. The van der Waals surface area contributed by atoms with E-state index in [1.165, 1.54) is 114 Å². The minimum absolute atomic E-state index is 0.0405. The molecule has 0 aliphatic heterocycles. The van der Waals surface area contributed by atoms with Gasteiger partial charge in [0, 0.05) is 11.5 Å². The summed E-state index contributed by atoms with van der Waals surface area (Å²) >= 11 is 0. The van der Waals surface area contributed by atoms with Crippen molar-refractivity contribution in [2.45, 2.75) is 117 Å². The van der Waals surface area contributed by atoms with Gasteiger partial charge in [-0.3, -0.25) is 4.78 Å². The fraction of sp³-hybridized carbons (Fsp3) is 1.00. The van der Waals surface area contributed by atoms with Crippen LogP contribution in [0.2, 0.25) is 0 Å². The average molecular weight is 330 g/mol. The molecule has 0 aliphatic carbocycles. The first-order chi connectivity index (χ1) is 10.8. The van der Waals surface area contributed by atoms with E-state index < -0.39 is 0 Å². The van der Waals surface area contributed by atoms with Crippen molar-refractivity contribution in [3.63, 3.8) is 0 Å². The SMILES string of the molecule is CCCCCCCCCCS(=N)CCCCCCCCCC. The van der Waals surface area contributed by atoms with Crippen LogP contribution in [0.4, 0.5) is 0 Å². The van der Waals surface area contributed by atoms with E-state index in [0.29, 0.717) is 0 Å². The highest BCUT2D eigenvalue weighted by atomic mass is 32.2. The predicted octanol–water partition coefficient (Wildman–Crippen LogP) is 7.65. The molecule has 0 amide bonds. The molecule has 2 heteroatoms. The fourth-order valence-electron chi connectivity index (χ4n) is 2.92. The molecule has 0 bridgehead atoms. The van der Waals surface area contributed by atoms with E-state index in [1.54, 1.807) is 0 Å². The second kappa shape index (κ2) is 19.2. The van der Waals surface area contributed by atoms with E-state index in [0.717, 1.165) is 0 Å². The molecule has 134 valence electrons. The van der Waals surface area contributed by atoms with Gasteiger partial charge in [-0.05, 0) is 12.8 Å². The Morgan fingerprint density at radius 3 is 1.05 bits per heavy atom. The van der Waals surface area contributed by atoms with Gasteiger partial charge in [0.15, 0.2) is 0 Å². The Bertz CT molecular complexity index is 206. The number of hydrogen-bond donors (Lipinski definition) is 1. The second-order valence-electron chi connectivity index (χ2n) is 6.85. The standard InChI is InChI=1S/C20H43NS/c1-3-5-7-9-11-13-15-17-19-22(21)20-18-16-14-12-10-8-6-4-2/h21H,3-20H2,1-2H3. The molecule has 0 unspecified atom stereocenters. The minimum Gasteiger partial charge on any atom is -0.280 e. The molecular weight excluding hydrogens is 286 g/mol. The zero-order chi connectivity index (χ0) is 16.3. The topological polar surface area (TPSA) is 23.9 Å². The average Bonchev–Trinajstić information content (AvgIpc) is 2.52. The molecule has 0 heterocycles. The first-order valence-electron chi connectivity index (χ1n) is 10.2. The van der Waals surface area contributed by atoms with Crippen molar-refractivity contribution in [3.8, 4) is 0 Å². The quantitative estimate of drug-likeness (QED) is 0.250. The lowest BCUT2D eigenvalue weighted by Crippen LogP contribution is -2.01. The summed E-state index contributed by atoms with van der Waals surface area (Å²) < 4.78 is 8.14. The maximum absolute atomic E-state index is 8.14. The van der Waals surface area contributed by atoms with E-state index >= 15 is 0 Å². The summed E-state index contributed by atoms with van der Waals surface area (Å²) in [5, 5.41) is 0. The number of hydrogen-bond acceptors (Lipinski definition) is 1. The van der Waals surface area contributed by atoms with Crippen molar-refractivity contribution in [1.29, 1.82) is 4.78 Å². The lowest BCUT2D eigenvalue weighted by atomic mass is 10.1. The van der Waals surface area contributed by atoms with Crippen molar-refractivity contribution in [1.82, 2.24) is 0 Å². The van der Waals surface area contributed by atoms with Gasteiger partial charge in [-0.2, -0.15) is 0 Å². The van der Waals surface area contributed by atoms with Crippen LogP contribution >= 0.6 is 0 Å². The molecule has 1 nitrogen and oxygen atoms in total. The van der Waals surface area contributed by atoms with E-state index in [4.69, 9.17) is 4.78 Å². The molecule has 0 aromatic heterocycles. The van der Waals surface area contributed by atoms with Gasteiger partial charge in [0.05, 0.1) is 0 Å². The van der Waals surface area contributed by atoms with Gasteiger partial charge in [-0.15, -0.1) is 10.7 Å². The van der Waals surface area contributed by atoms with Crippen LogP contribution in [0.5, 0.6) is 0 Å². The molecule has 0 fully saturated rings. The molecule has 0 saturated carbocycles. The van der Waals surface area contributed by atoms with Crippen LogP contribution in [0, 0.1) is 4.78 Å². The Morgan fingerprint density at radius 2 is 0.727 bits per heavy atom. The zero-order valence-corrected chi connectivity index (χ0v) is 16.5. The Hall–Kier alpha value is 0.150. The Kier molecular flexibility index (Phi) is 19.3. The molecule has 22 heavy (non-hydrogen) atoms. The van der Waals surface area contributed by atoms with Crippen molar-refractivity contribution in [3.05, 3.63) is 0 Å². The van der Waals surface area contributed by atoms with Crippen LogP contribution in [0.25, 0.3) is 0 Å². The molecule has 0 spiro atoms. The summed E-state index contributed by atoms with van der Waals surface area (Å²) in [7, 11) is -0.0405. The molecule has 0 radical (unpaired) electrons. The molecular formula is C20H43NS. The molecule has 0 rings (SSSR count). The number of unbranched alkanes of at least 4 members (excludes halogenated alkanes) is 14. The molecule has 0 aliphatic rings. The number of nitrogens with one attached hydrogen (secondary N) is 1. The Labute approximate surface area is 143 Å². The third-order valence-corrected chi connectivity index (χ3v) is 6.05. The van der Waals surface area contributed by atoms with Crippen LogP contribution in [-0.2, 0) is 10.7 Å². The molecule has 0 atom stereocenters.